The molecule has 1 amide bonds. The third kappa shape index (κ3) is 4.85. The molecule has 164 valence electrons. The van der Waals surface area contributed by atoms with Gasteiger partial charge in [0.25, 0.3) is 0 Å². The molecule has 1 aliphatic heterocycles. The monoisotopic (exact) mass is 465 g/mol. The van der Waals surface area contributed by atoms with Gasteiger partial charge in [0.1, 0.15) is 11.3 Å². The summed E-state index contributed by atoms with van der Waals surface area (Å²) < 4.78 is 52.4. The molecule has 1 aliphatic rings. The molecule has 0 saturated carbocycles. The summed E-state index contributed by atoms with van der Waals surface area (Å²) in [7, 11) is -3.39. The molecule has 0 unspecified atom stereocenters. The average Bonchev–Trinajstić information content (AvgIpc) is 3.19. The summed E-state index contributed by atoms with van der Waals surface area (Å²) in [5, 5.41) is 0.598. The number of benzene rings is 2. The van der Waals surface area contributed by atoms with E-state index in [2.05, 4.69) is 4.98 Å². The molecule has 1 aromatic heterocycles. The highest BCUT2D eigenvalue weighted by Crippen LogP contribution is 2.31. The molecule has 31 heavy (non-hydrogen) atoms. The van der Waals surface area contributed by atoms with Crippen molar-refractivity contribution in [1.29, 1.82) is 0 Å². The van der Waals surface area contributed by atoms with Crippen LogP contribution >= 0.6 is 11.3 Å². The van der Waals surface area contributed by atoms with Crippen molar-refractivity contribution >= 4 is 42.4 Å². The van der Waals surface area contributed by atoms with Crippen molar-refractivity contribution in [1.82, 2.24) is 9.88 Å². The van der Waals surface area contributed by atoms with Gasteiger partial charge in [-0.05, 0) is 24.6 Å². The number of hydrogen-bond acceptors (Lipinski definition) is 6. The molecule has 3 aromatic rings. The van der Waals surface area contributed by atoms with Crippen LogP contribution in [0.4, 0.5) is 13.9 Å². The summed E-state index contributed by atoms with van der Waals surface area (Å²) >= 11 is 1.22. The Balaban J connectivity index is 1.30. The standard InChI is InChI=1S/C21H21F2N3O3S2/c22-15-13-17(23)20-18(14-15)30-21(24-20)26-10-8-25(9-11-26)19(27)7-4-12-31(28,29)16-5-2-1-3-6-16/h1-3,5-6,13-14H,4,7-12H2. The molecule has 0 radical (unpaired) electrons. The smallest absolute Gasteiger partial charge is 0.222 e. The first kappa shape index (κ1) is 21.6. The van der Waals surface area contributed by atoms with Gasteiger partial charge in [-0.15, -0.1) is 0 Å². The Morgan fingerprint density at radius 1 is 1.06 bits per heavy atom. The van der Waals surface area contributed by atoms with E-state index in [-0.39, 0.29) is 34.9 Å². The molecule has 0 N–H and O–H groups in total. The van der Waals surface area contributed by atoms with Gasteiger partial charge in [-0.1, -0.05) is 29.5 Å². The fourth-order valence-electron chi connectivity index (χ4n) is 3.55. The third-order valence-electron chi connectivity index (χ3n) is 5.21. The molecule has 1 saturated heterocycles. The molecule has 10 heteroatoms. The van der Waals surface area contributed by atoms with E-state index in [1.807, 2.05) is 4.90 Å². The maximum atomic E-state index is 13.9. The van der Waals surface area contributed by atoms with Gasteiger partial charge in [-0.25, -0.2) is 22.2 Å². The van der Waals surface area contributed by atoms with Crippen molar-refractivity contribution in [3.63, 3.8) is 0 Å². The molecule has 0 bridgehead atoms. The maximum absolute atomic E-state index is 13.9. The molecule has 6 nitrogen and oxygen atoms in total. The Labute approximate surface area is 183 Å². The summed E-state index contributed by atoms with van der Waals surface area (Å²) in [5.41, 5.74) is 0.152. The number of hydrogen-bond donors (Lipinski definition) is 0. The normalized spacial score (nSPS) is 14.9. The van der Waals surface area contributed by atoms with Crippen LogP contribution < -0.4 is 4.90 Å². The van der Waals surface area contributed by atoms with Crippen LogP contribution in [0.25, 0.3) is 10.2 Å². The van der Waals surface area contributed by atoms with Crippen molar-refractivity contribution in [3.05, 3.63) is 54.1 Å². The number of halogens is 2. The molecule has 0 aliphatic carbocycles. The van der Waals surface area contributed by atoms with Crippen molar-refractivity contribution in [2.24, 2.45) is 0 Å². The van der Waals surface area contributed by atoms with Gasteiger partial charge in [0.15, 0.2) is 20.8 Å². The number of carbonyl (C=O) groups is 1. The highest BCUT2D eigenvalue weighted by atomic mass is 32.2. The second-order valence-corrected chi connectivity index (χ2v) is 10.5. The van der Waals surface area contributed by atoms with Gasteiger partial charge < -0.3 is 9.80 Å². The van der Waals surface area contributed by atoms with Crippen LogP contribution in [-0.2, 0) is 14.6 Å². The van der Waals surface area contributed by atoms with Gasteiger partial charge in [0, 0.05) is 38.7 Å². The van der Waals surface area contributed by atoms with Crippen LogP contribution in [0.1, 0.15) is 12.8 Å². The number of sulfone groups is 1. The lowest BCUT2D eigenvalue weighted by Crippen LogP contribution is -2.48. The lowest BCUT2D eigenvalue weighted by atomic mass is 10.2. The van der Waals surface area contributed by atoms with Crippen molar-refractivity contribution in [2.75, 3.05) is 36.8 Å². The van der Waals surface area contributed by atoms with Gasteiger partial charge in [0.2, 0.25) is 5.91 Å². The van der Waals surface area contributed by atoms with E-state index >= 15 is 0 Å². The van der Waals surface area contributed by atoms with E-state index in [1.54, 1.807) is 35.2 Å². The molecule has 4 rings (SSSR count). The van der Waals surface area contributed by atoms with Gasteiger partial charge in [-0.2, -0.15) is 0 Å². The van der Waals surface area contributed by atoms with Crippen LogP contribution in [0.2, 0.25) is 0 Å². The highest BCUT2D eigenvalue weighted by molar-refractivity contribution is 7.91. The minimum Gasteiger partial charge on any atom is -0.345 e. The SMILES string of the molecule is O=C(CCCS(=O)(=O)c1ccccc1)N1CCN(c2nc3c(F)cc(F)cc3s2)CC1. The van der Waals surface area contributed by atoms with E-state index < -0.39 is 21.5 Å². The van der Waals surface area contributed by atoms with Gasteiger partial charge >= 0.3 is 0 Å². The molecule has 1 fully saturated rings. The van der Waals surface area contributed by atoms with Crippen LogP contribution in [0.15, 0.2) is 47.4 Å². The van der Waals surface area contributed by atoms with Gasteiger partial charge in [-0.3, -0.25) is 4.79 Å². The Kier molecular flexibility index (Phi) is 6.19. The van der Waals surface area contributed by atoms with Crippen molar-refractivity contribution in [3.8, 4) is 0 Å². The number of amides is 1. The molecule has 2 heterocycles. The number of rotatable bonds is 6. The quantitative estimate of drug-likeness (QED) is 0.558. The number of fused-ring (bicyclic) bond motifs is 1. The molecule has 2 aromatic carbocycles. The number of nitrogens with zero attached hydrogens (tertiary/aromatic N) is 3. The predicted octanol–water partition coefficient (Wildman–Crippen LogP) is 3.48. The maximum Gasteiger partial charge on any atom is 0.222 e. The first-order valence-electron chi connectivity index (χ1n) is 9.89. The number of carbonyl (C=O) groups excluding carboxylic acids is 1. The second kappa shape index (κ2) is 8.88. The summed E-state index contributed by atoms with van der Waals surface area (Å²) in [4.78, 5) is 20.7. The van der Waals surface area contributed by atoms with E-state index in [1.165, 1.54) is 17.4 Å². The molecule has 0 spiro atoms. The number of aromatic nitrogens is 1. The second-order valence-electron chi connectivity index (χ2n) is 7.33. The zero-order chi connectivity index (χ0) is 22.0. The highest BCUT2D eigenvalue weighted by Gasteiger charge is 2.24. The van der Waals surface area contributed by atoms with Crippen LogP contribution in [0.5, 0.6) is 0 Å². The minimum atomic E-state index is -3.39. The fourth-order valence-corrected chi connectivity index (χ4v) is 5.93. The van der Waals surface area contributed by atoms with Crippen molar-refractivity contribution in [2.45, 2.75) is 17.7 Å². The van der Waals surface area contributed by atoms with Gasteiger partial charge in [0.05, 0.1) is 15.3 Å². The molecular weight excluding hydrogens is 444 g/mol. The number of piperazine rings is 1. The van der Waals surface area contributed by atoms with Crippen LogP contribution in [0, 0.1) is 11.6 Å². The minimum absolute atomic E-state index is 0.0729. The lowest BCUT2D eigenvalue weighted by Gasteiger charge is -2.34. The molecular formula is C21H21F2N3O3S2. The van der Waals surface area contributed by atoms with Crippen LogP contribution in [0.3, 0.4) is 0 Å². The van der Waals surface area contributed by atoms with Crippen LogP contribution in [-0.4, -0.2) is 56.1 Å². The Morgan fingerprint density at radius 3 is 2.48 bits per heavy atom. The topological polar surface area (TPSA) is 70.6 Å². The lowest BCUT2D eigenvalue weighted by molar-refractivity contribution is -0.131. The third-order valence-corrected chi connectivity index (χ3v) is 8.09. The van der Waals surface area contributed by atoms with Crippen molar-refractivity contribution < 1.29 is 22.0 Å². The number of thiazole rings is 1. The average molecular weight is 466 g/mol. The predicted molar refractivity (Wildman–Crippen MR) is 116 cm³/mol. The Morgan fingerprint density at radius 2 is 1.77 bits per heavy atom. The summed E-state index contributed by atoms with van der Waals surface area (Å²) in [6.07, 6.45) is 0.427. The largest absolute Gasteiger partial charge is 0.345 e. The first-order chi connectivity index (χ1) is 14.8. The Bertz CT molecular complexity index is 1190. The van der Waals surface area contributed by atoms with E-state index in [0.29, 0.717) is 36.0 Å². The summed E-state index contributed by atoms with van der Waals surface area (Å²) in [6, 6.07) is 10.3. The van der Waals surface area contributed by atoms with E-state index in [9.17, 15) is 22.0 Å². The van der Waals surface area contributed by atoms with E-state index in [4.69, 9.17) is 0 Å². The van der Waals surface area contributed by atoms with E-state index in [0.717, 1.165) is 6.07 Å². The Hall–Kier alpha value is -2.59. The zero-order valence-corrected chi connectivity index (χ0v) is 18.3. The summed E-state index contributed by atoms with van der Waals surface area (Å²) in [6.45, 7) is 1.99. The molecule has 0 atom stereocenters. The fraction of sp³-hybridized carbons (Fsp3) is 0.333. The number of anilines is 1. The summed E-state index contributed by atoms with van der Waals surface area (Å²) in [5.74, 6) is -1.47. The first-order valence-corrected chi connectivity index (χ1v) is 12.4. The zero-order valence-electron chi connectivity index (χ0n) is 16.6.